The van der Waals surface area contributed by atoms with Gasteiger partial charge in [-0.2, -0.15) is 5.01 Å². The summed E-state index contributed by atoms with van der Waals surface area (Å²) in [5, 5.41) is 5.26. The molecule has 0 fully saturated rings. The van der Waals surface area contributed by atoms with Crippen LogP contribution in [-0.4, -0.2) is 31.1 Å². The first kappa shape index (κ1) is 19.5. The van der Waals surface area contributed by atoms with Gasteiger partial charge in [-0.05, 0) is 36.4 Å². The summed E-state index contributed by atoms with van der Waals surface area (Å²) in [6.45, 7) is 2.41. The fraction of sp³-hybridized carbons (Fsp3) is 0.167. The number of carbonyl (C=O) groups excluding carboxylic acids is 2. The Bertz CT molecular complexity index is 1050. The van der Waals surface area contributed by atoms with Gasteiger partial charge in [0.15, 0.2) is 0 Å². The van der Waals surface area contributed by atoms with E-state index in [0.717, 1.165) is 11.9 Å². The van der Waals surface area contributed by atoms with Crippen molar-refractivity contribution in [2.75, 3.05) is 0 Å². The number of hydrogen-bond acceptors (Lipinski definition) is 6. The van der Waals surface area contributed by atoms with Crippen LogP contribution in [-0.2, 0) is 24.3 Å². The monoisotopic (exact) mass is 405 g/mol. The fourth-order valence-corrected chi connectivity index (χ4v) is 3.54. The predicted octanol–water partition coefficient (Wildman–Crippen LogP) is 1.89. The molecule has 0 spiro atoms. The summed E-state index contributed by atoms with van der Waals surface area (Å²) in [6, 6.07) is 10.9. The minimum atomic E-state index is -3.96. The normalized spacial score (nSPS) is 16.3. The molecule has 0 bridgehead atoms. The van der Waals surface area contributed by atoms with Crippen LogP contribution >= 0.6 is 0 Å². The lowest BCUT2D eigenvalue weighted by Crippen LogP contribution is -2.28. The van der Waals surface area contributed by atoms with Crippen molar-refractivity contribution in [2.45, 2.75) is 25.0 Å². The molecule has 0 saturated carbocycles. The Hall–Kier alpha value is -3.27. The second-order valence-corrected chi connectivity index (χ2v) is 7.66. The van der Waals surface area contributed by atoms with E-state index in [1.807, 2.05) is 4.72 Å². The number of sulfonamides is 1. The molecule has 1 heterocycles. The lowest BCUT2D eigenvalue weighted by Gasteiger charge is -2.19. The quantitative estimate of drug-likeness (QED) is 0.836. The molecule has 2 aromatic rings. The molecule has 146 valence electrons. The number of halogens is 1. The maximum Gasteiger partial charge on any atom is 0.264 e. The fourth-order valence-electron chi connectivity index (χ4n) is 2.55. The number of hydrazone groups is 1. The molecular weight excluding hydrogens is 389 g/mol. The number of nitrogens with one attached hydrogen (secondary N) is 1. The highest BCUT2D eigenvalue weighted by atomic mass is 32.2. The zero-order valence-electron chi connectivity index (χ0n) is 14.9. The summed E-state index contributed by atoms with van der Waals surface area (Å²) in [4.78, 5) is 22.8. The number of nitrogens with zero attached hydrogens (tertiary/aromatic N) is 2. The third-order valence-electron chi connectivity index (χ3n) is 3.81. The van der Waals surface area contributed by atoms with Gasteiger partial charge in [0.25, 0.3) is 10.0 Å². The third kappa shape index (κ3) is 4.01. The summed E-state index contributed by atoms with van der Waals surface area (Å²) in [7, 11) is -3.96. The van der Waals surface area contributed by atoms with E-state index in [2.05, 4.69) is 5.10 Å². The molecule has 2 amide bonds. The van der Waals surface area contributed by atoms with Crippen molar-refractivity contribution >= 4 is 27.7 Å². The standard InChI is InChI=1S/C18H16FN3O5S/c1-11(23)21-28(25,26)16-9-5-13(6-10-16)17-20-22(12(2)24)18(27-17)14-3-7-15(19)8-4-14/h3-10,18H,1-2H3,(H,21,23). The van der Waals surface area contributed by atoms with E-state index in [0.29, 0.717) is 11.1 Å². The van der Waals surface area contributed by atoms with Gasteiger partial charge in [0.1, 0.15) is 5.82 Å². The summed E-state index contributed by atoms with van der Waals surface area (Å²) in [5.74, 6) is -1.40. The molecule has 0 radical (unpaired) electrons. The van der Waals surface area contributed by atoms with Crippen LogP contribution in [0.2, 0.25) is 0 Å². The first-order valence-electron chi connectivity index (χ1n) is 8.12. The van der Waals surface area contributed by atoms with Gasteiger partial charge < -0.3 is 4.74 Å². The number of ether oxygens (including phenoxy) is 1. The minimum Gasteiger partial charge on any atom is -0.446 e. The summed E-state index contributed by atoms with van der Waals surface area (Å²) in [5.41, 5.74) is 0.956. The second-order valence-electron chi connectivity index (χ2n) is 5.98. The maximum atomic E-state index is 13.2. The molecular formula is C18H16FN3O5S. The highest BCUT2D eigenvalue weighted by molar-refractivity contribution is 7.90. The van der Waals surface area contributed by atoms with Gasteiger partial charge in [0.2, 0.25) is 23.9 Å². The number of amides is 2. The van der Waals surface area contributed by atoms with Gasteiger partial charge >= 0.3 is 0 Å². The van der Waals surface area contributed by atoms with E-state index in [4.69, 9.17) is 4.74 Å². The Morgan fingerprint density at radius 3 is 2.21 bits per heavy atom. The van der Waals surface area contributed by atoms with Crippen LogP contribution in [0.4, 0.5) is 4.39 Å². The van der Waals surface area contributed by atoms with Crippen LogP contribution in [0, 0.1) is 5.82 Å². The molecule has 0 saturated heterocycles. The smallest absolute Gasteiger partial charge is 0.264 e. The number of hydrogen-bond donors (Lipinski definition) is 1. The van der Waals surface area contributed by atoms with Crippen molar-refractivity contribution < 1.29 is 27.1 Å². The molecule has 8 nitrogen and oxygen atoms in total. The van der Waals surface area contributed by atoms with Gasteiger partial charge in [-0.15, -0.1) is 5.10 Å². The van der Waals surface area contributed by atoms with Crippen molar-refractivity contribution in [1.82, 2.24) is 9.73 Å². The van der Waals surface area contributed by atoms with Crippen molar-refractivity contribution in [2.24, 2.45) is 5.10 Å². The molecule has 3 rings (SSSR count). The lowest BCUT2D eigenvalue weighted by molar-refractivity contribution is -0.135. The van der Waals surface area contributed by atoms with Gasteiger partial charge in [0.05, 0.1) is 4.90 Å². The average molecular weight is 405 g/mol. The van der Waals surface area contributed by atoms with Gasteiger partial charge in [-0.3, -0.25) is 9.59 Å². The molecule has 0 aliphatic carbocycles. The van der Waals surface area contributed by atoms with E-state index in [1.54, 1.807) is 0 Å². The zero-order valence-corrected chi connectivity index (χ0v) is 15.7. The van der Waals surface area contributed by atoms with Crippen LogP contribution in [0.15, 0.2) is 58.5 Å². The van der Waals surface area contributed by atoms with E-state index >= 15 is 0 Å². The Kier molecular flexibility index (Phi) is 5.14. The van der Waals surface area contributed by atoms with Crippen molar-refractivity contribution in [3.05, 3.63) is 65.5 Å². The van der Waals surface area contributed by atoms with E-state index in [9.17, 15) is 22.4 Å². The second kappa shape index (κ2) is 7.39. The number of benzene rings is 2. The van der Waals surface area contributed by atoms with Gasteiger partial charge in [0, 0.05) is 25.0 Å². The minimum absolute atomic E-state index is 0.105. The molecule has 1 aliphatic rings. The lowest BCUT2D eigenvalue weighted by atomic mass is 10.2. The van der Waals surface area contributed by atoms with E-state index in [-0.39, 0.29) is 16.7 Å². The topological polar surface area (TPSA) is 105 Å². The van der Waals surface area contributed by atoms with Crippen LogP contribution in [0.3, 0.4) is 0 Å². The summed E-state index contributed by atoms with van der Waals surface area (Å²) in [6.07, 6.45) is -0.865. The summed E-state index contributed by atoms with van der Waals surface area (Å²) < 4.78 is 44.8. The third-order valence-corrected chi connectivity index (χ3v) is 5.26. The highest BCUT2D eigenvalue weighted by Gasteiger charge is 2.33. The molecule has 2 aromatic carbocycles. The highest BCUT2D eigenvalue weighted by Crippen LogP contribution is 2.30. The Balaban J connectivity index is 1.87. The Morgan fingerprint density at radius 2 is 1.68 bits per heavy atom. The molecule has 0 aromatic heterocycles. The SMILES string of the molecule is CC(=O)NS(=O)(=O)c1ccc(C2=NN(C(C)=O)C(c3ccc(F)cc3)O2)cc1. The Morgan fingerprint density at radius 1 is 1.07 bits per heavy atom. The summed E-state index contributed by atoms with van der Waals surface area (Å²) >= 11 is 0. The van der Waals surface area contributed by atoms with E-state index < -0.39 is 28.0 Å². The van der Waals surface area contributed by atoms with Gasteiger partial charge in [-0.1, -0.05) is 12.1 Å². The van der Waals surface area contributed by atoms with Gasteiger partial charge in [-0.25, -0.2) is 17.5 Å². The Labute approximate surface area is 160 Å². The molecule has 1 aliphatic heterocycles. The van der Waals surface area contributed by atoms with Crippen molar-refractivity contribution in [3.8, 4) is 0 Å². The first-order valence-corrected chi connectivity index (χ1v) is 9.60. The number of carbonyl (C=O) groups is 2. The van der Waals surface area contributed by atoms with E-state index in [1.165, 1.54) is 55.5 Å². The van der Waals surface area contributed by atoms with Crippen molar-refractivity contribution in [1.29, 1.82) is 0 Å². The number of rotatable bonds is 4. The molecule has 10 heteroatoms. The van der Waals surface area contributed by atoms with Crippen LogP contribution < -0.4 is 4.72 Å². The first-order chi connectivity index (χ1) is 13.2. The molecule has 1 unspecified atom stereocenters. The molecule has 1 N–H and O–H groups in total. The molecule has 28 heavy (non-hydrogen) atoms. The zero-order chi connectivity index (χ0) is 20.5. The van der Waals surface area contributed by atoms with Crippen LogP contribution in [0.25, 0.3) is 0 Å². The van der Waals surface area contributed by atoms with Crippen molar-refractivity contribution in [3.63, 3.8) is 0 Å². The predicted molar refractivity (Wildman–Crippen MR) is 96.7 cm³/mol. The maximum absolute atomic E-state index is 13.2. The van der Waals surface area contributed by atoms with Crippen LogP contribution in [0.1, 0.15) is 31.2 Å². The average Bonchev–Trinajstić information content (AvgIpc) is 3.07. The van der Waals surface area contributed by atoms with Crippen LogP contribution in [0.5, 0.6) is 0 Å². The largest absolute Gasteiger partial charge is 0.446 e. The molecule has 1 atom stereocenters.